The van der Waals surface area contributed by atoms with Gasteiger partial charge in [0.05, 0.1) is 7.11 Å². The molecule has 4 amide bonds. The van der Waals surface area contributed by atoms with Gasteiger partial charge in [0.15, 0.2) is 0 Å². The summed E-state index contributed by atoms with van der Waals surface area (Å²) in [5, 5.41) is 3.39. The largest absolute Gasteiger partial charge is 0.497 e. The van der Waals surface area contributed by atoms with E-state index < -0.39 is 17.5 Å². The summed E-state index contributed by atoms with van der Waals surface area (Å²) >= 11 is 0. The number of urea groups is 1. The van der Waals surface area contributed by atoms with Crippen molar-refractivity contribution in [3.05, 3.63) is 29.8 Å². The number of amides is 4. The van der Waals surface area contributed by atoms with Crippen LogP contribution in [0.1, 0.15) is 25.3 Å². The number of rotatable bonds is 4. The Hall–Kier alpha value is -2.57. The summed E-state index contributed by atoms with van der Waals surface area (Å²) in [6, 6.07) is 6.27. The average molecular weight is 303 g/mol. The van der Waals surface area contributed by atoms with Crippen molar-refractivity contribution < 1.29 is 19.1 Å². The van der Waals surface area contributed by atoms with E-state index in [1.165, 1.54) is 7.11 Å². The van der Waals surface area contributed by atoms with Gasteiger partial charge in [-0.05, 0) is 37.5 Å². The van der Waals surface area contributed by atoms with Crippen LogP contribution in [0.15, 0.2) is 24.3 Å². The van der Waals surface area contributed by atoms with Crippen LogP contribution >= 0.6 is 0 Å². The number of carbonyl (C=O) groups excluding carboxylic acids is 3. The van der Waals surface area contributed by atoms with E-state index in [0.717, 1.165) is 17.9 Å². The first-order valence-electron chi connectivity index (χ1n) is 7.07. The van der Waals surface area contributed by atoms with Gasteiger partial charge in [-0.1, -0.05) is 12.1 Å². The van der Waals surface area contributed by atoms with Gasteiger partial charge in [0.1, 0.15) is 11.3 Å². The number of benzene rings is 1. The predicted molar refractivity (Wildman–Crippen MR) is 76.6 cm³/mol. The van der Waals surface area contributed by atoms with Crippen LogP contribution in [0.4, 0.5) is 4.79 Å². The molecule has 7 nitrogen and oxygen atoms in total. The van der Waals surface area contributed by atoms with Crippen LogP contribution in [0.3, 0.4) is 0 Å². The normalized spacial score (nSPS) is 24.2. The maximum atomic E-state index is 12.6. The Morgan fingerprint density at radius 2 is 2.14 bits per heavy atom. The predicted octanol–water partition coefficient (Wildman–Crippen LogP) is 0.903. The summed E-state index contributed by atoms with van der Waals surface area (Å²) in [5.74, 6) is -0.316. The second kappa shape index (κ2) is 5.01. The van der Waals surface area contributed by atoms with Gasteiger partial charge < -0.3 is 10.1 Å². The second-order valence-corrected chi connectivity index (χ2v) is 5.68. The zero-order valence-electron chi connectivity index (χ0n) is 12.4. The second-order valence-electron chi connectivity index (χ2n) is 5.68. The van der Waals surface area contributed by atoms with Crippen molar-refractivity contribution in [3.8, 4) is 5.75 Å². The number of carbonyl (C=O) groups is 3. The summed E-state index contributed by atoms with van der Waals surface area (Å²) in [5.41, 5.74) is 1.75. The molecule has 7 heteroatoms. The molecule has 1 saturated heterocycles. The minimum absolute atomic E-state index is 0.0933. The van der Waals surface area contributed by atoms with Crippen molar-refractivity contribution in [1.82, 2.24) is 15.8 Å². The van der Waals surface area contributed by atoms with E-state index in [0.29, 0.717) is 11.3 Å². The lowest BCUT2D eigenvalue weighted by atomic mass is 9.92. The number of hydrogen-bond acceptors (Lipinski definition) is 4. The van der Waals surface area contributed by atoms with Crippen LogP contribution in [0.5, 0.6) is 5.75 Å². The molecule has 2 fully saturated rings. The Bertz CT molecular complexity index is 656. The van der Waals surface area contributed by atoms with Crippen molar-refractivity contribution in [2.24, 2.45) is 5.92 Å². The standard InChI is InChI=1S/C15H17N3O4/c1-15(10-4-3-5-11(8-10)22-2)13(20)18(14(21)16-15)17-12(19)9-6-7-9/h3-5,8-9H,6-7H2,1-2H3,(H,16,21)(H,17,19)/t15-/m0/s1. The van der Waals surface area contributed by atoms with Gasteiger partial charge in [-0.2, -0.15) is 5.01 Å². The summed E-state index contributed by atoms with van der Waals surface area (Å²) in [4.78, 5) is 36.5. The van der Waals surface area contributed by atoms with Gasteiger partial charge in [0.2, 0.25) is 5.91 Å². The van der Waals surface area contributed by atoms with E-state index in [-0.39, 0.29) is 11.8 Å². The summed E-state index contributed by atoms with van der Waals surface area (Å²) in [6.07, 6.45) is 1.59. The van der Waals surface area contributed by atoms with E-state index in [9.17, 15) is 14.4 Å². The topological polar surface area (TPSA) is 87.7 Å². The van der Waals surface area contributed by atoms with E-state index >= 15 is 0 Å². The molecule has 2 N–H and O–H groups in total. The molecule has 0 spiro atoms. The molecule has 0 bridgehead atoms. The molecule has 3 rings (SSSR count). The fourth-order valence-corrected chi connectivity index (χ4v) is 2.42. The van der Waals surface area contributed by atoms with Crippen LogP contribution in [-0.2, 0) is 15.1 Å². The SMILES string of the molecule is COc1cccc([C@]2(C)NC(=O)N(NC(=O)C3CC3)C2=O)c1. The first kappa shape index (κ1) is 14.4. The number of imide groups is 1. The van der Waals surface area contributed by atoms with Gasteiger partial charge in [0, 0.05) is 5.92 Å². The third-order valence-electron chi connectivity index (χ3n) is 4.01. The fraction of sp³-hybridized carbons (Fsp3) is 0.400. The van der Waals surface area contributed by atoms with Gasteiger partial charge >= 0.3 is 6.03 Å². The Balaban J connectivity index is 1.86. The van der Waals surface area contributed by atoms with E-state index in [1.807, 2.05) is 0 Å². The van der Waals surface area contributed by atoms with Crippen LogP contribution in [0.2, 0.25) is 0 Å². The third kappa shape index (κ3) is 2.28. The van der Waals surface area contributed by atoms with Crippen LogP contribution in [0, 0.1) is 5.92 Å². The van der Waals surface area contributed by atoms with Gasteiger partial charge in [-0.3, -0.25) is 15.0 Å². The number of nitrogens with zero attached hydrogens (tertiary/aromatic N) is 1. The molecule has 0 aromatic heterocycles. The van der Waals surface area contributed by atoms with E-state index in [1.54, 1.807) is 31.2 Å². The van der Waals surface area contributed by atoms with Crippen molar-refractivity contribution in [3.63, 3.8) is 0 Å². The Kier molecular flexibility index (Phi) is 3.27. The molecular formula is C15H17N3O4. The van der Waals surface area contributed by atoms with Crippen molar-refractivity contribution in [1.29, 1.82) is 0 Å². The lowest BCUT2D eigenvalue weighted by molar-refractivity contribution is -0.139. The van der Waals surface area contributed by atoms with Gasteiger partial charge in [-0.15, -0.1) is 0 Å². The lowest BCUT2D eigenvalue weighted by Gasteiger charge is -2.22. The van der Waals surface area contributed by atoms with Crippen molar-refractivity contribution in [2.45, 2.75) is 25.3 Å². The molecule has 2 aliphatic rings. The fourth-order valence-electron chi connectivity index (χ4n) is 2.42. The minimum Gasteiger partial charge on any atom is -0.497 e. The zero-order chi connectivity index (χ0) is 15.9. The smallest absolute Gasteiger partial charge is 0.344 e. The molecule has 1 aromatic carbocycles. The molecular weight excluding hydrogens is 286 g/mol. The highest BCUT2D eigenvalue weighted by Crippen LogP contribution is 2.32. The number of hydrogen-bond donors (Lipinski definition) is 2. The number of ether oxygens (including phenoxy) is 1. The van der Waals surface area contributed by atoms with Crippen LogP contribution < -0.4 is 15.5 Å². The Morgan fingerprint density at radius 1 is 1.41 bits per heavy atom. The minimum atomic E-state index is -1.23. The highest BCUT2D eigenvalue weighted by atomic mass is 16.5. The molecule has 0 unspecified atom stereocenters. The zero-order valence-corrected chi connectivity index (χ0v) is 12.4. The number of methoxy groups -OCH3 is 1. The summed E-state index contributed by atoms with van der Waals surface area (Å²) < 4.78 is 5.15. The molecule has 1 heterocycles. The molecule has 1 aliphatic heterocycles. The highest BCUT2D eigenvalue weighted by molar-refractivity contribution is 6.08. The number of nitrogens with one attached hydrogen (secondary N) is 2. The molecule has 22 heavy (non-hydrogen) atoms. The first-order chi connectivity index (χ1) is 10.5. The summed E-state index contributed by atoms with van der Waals surface area (Å²) in [6.45, 7) is 1.60. The van der Waals surface area contributed by atoms with Gasteiger partial charge in [0.25, 0.3) is 5.91 Å². The molecule has 116 valence electrons. The van der Waals surface area contributed by atoms with Crippen LogP contribution in [0.25, 0.3) is 0 Å². The maximum Gasteiger partial charge on any atom is 0.344 e. The van der Waals surface area contributed by atoms with Crippen molar-refractivity contribution >= 4 is 17.8 Å². The Morgan fingerprint density at radius 3 is 2.77 bits per heavy atom. The average Bonchev–Trinajstić information content (AvgIpc) is 3.33. The monoisotopic (exact) mass is 303 g/mol. The molecule has 1 aromatic rings. The first-order valence-corrected chi connectivity index (χ1v) is 7.07. The quantitative estimate of drug-likeness (QED) is 0.809. The van der Waals surface area contributed by atoms with Gasteiger partial charge in [-0.25, -0.2) is 4.79 Å². The summed E-state index contributed by atoms with van der Waals surface area (Å²) in [7, 11) is 1.53. The van der Waals surface area contributed by atoms with E-state index in [4.69, 9.17) is 4.74 Å². The number of hydrazine groups is 1. The maximum absolute atomic E-state index is 12.6. The lowest BCUT2D eigenvalue weighted by Crippen LogP contribution is -2.48. The Labute approximate surface area is 127 Å². The van der Waals surface area contributed by atoms with Crippen LogP contribution in [-0.4, -0.2) is 30.0 Å². The molecule has 1 aliphatic carbocycles. The molecule has 1 atom stereocenters. The highest BCUT2D eigenvalue weighted by Gasteiger charge is 2.50. The van der Waals surface area contributed by atoms with E-state index in [2.05, 4.69) is 10.7 Å². The third-order valence-corrected chi connectivity index (χ3v) is 4.01. The van der Waals surface area contributed by atoms with Crippen molar-refractivity contribution in [2.75, 3.05) is 7.11 Å². The molecule has 1 saturated carbocycles. The molecule has 0 radical (unpaired) electrons.